The van der Waals surface area contributed by atoms with Crippen molar-refractivity contribution < 1.29 is 27.4 Å². The fourth-order valence-electron chi connectivity index (χ4n) is 2.43. The Hall–Kier alpha value is -2.41. The van der Waals surface area contributed by atoms with Gasteiger partial charge in [0.25, 0.3) is 0 Å². The predicted molar refractivity (Wildman–Crippen MR) is 92.8 cm³/mol. The topological polar surface area (TPSA) is 39.7 Å². The van der Waals surface area contributed by atoms with Crippen LogP contribution < -0.4 is 19.5 Å². The van der Waals surface area contributed by atoms with E-state index in [1.807, 2.05) is 25.1 Å². The van der Waals surface area contributed by atoms with Crippen LogP contribution in [-0.2, 0) is 13.1 Å². The molecule has 0 aliphatic heterocycles. The molecule has 4 nitrogen and oxygen atoms in total. The van der Waals surface area contributed by atoms with E-state index in [0.29, 0.717) is 13.1 Å². The summed E-state index contributed by atoms with van der Waals surface area (Å²) in [7, 11) is 3.03. The number of halogens is 3. The Kier molecular flexibility index (Phi) is 6.74. The first-order chi connectivity index (χ1) is 12.3. The van der Waals surface area contributed by atoms with Crippen molar-refractivity contribution in [1.82, 2.24) is 5.32 Å². The summed E-state index contributed by atoms with van der Waals surface area (Å²) in [6.07, 6.45) is -4.39. The van der Waals surface area contributed by atoms with Gasteiger partial charge < -0.3 is 19.5 Å². The summed E-state index contributed by atoms with van der Waals surface area (Å²) in [5.41, 5.74) is 3.01. The molecule has 7 heteroatoms. The third kappa shape index (κ3) is 5.84. The molecule has 0 unspecified atom stereocenters. The maximum Gasteiger partial charge on any atom is 0.422 e. The van der Waals surface area contributed by atoms with Crippen LogP contribution in [0.3, 0.4) is 0 Å². The number of nitrogens with one attached hydrogen (secondary N) is 1. The van der Waals surface area contributed by atoms with Crippen LogP contribution in [0.5, 0.6) is 17.2 Å². The van der Waals surface area contributed by atoms with Crippen molar-refractivity contribution in [3.05, 3.63) is 53.1 Å². The molecule has 2 aromatic rings. The summed E-state index contributed by atoms with van der Waals surface area (Å²) in [4.78, 5) is 0. The molecule has 0 aromatic heterocycles. The van der Waals surface area contributed by atoms with E-state index in [-0.39, 0.29) is 11.5 Å². The predicted octanol–water partition coefficient (Wildman–Crippen LogP) is 4.24. The molecule has 0 amide bonds. The van der Waals surface area contributed by atoms with Crippen molar-refractivity contribution in [3.8, 4) is 17.2 Å². The molecular weight excluding hydrogens is 347 g/mol. The first kappa shape index (κ1) is 19.9. The van der Waals surface area contributed by atoms with Gasteiger partial charge >= 0.3 is 6.18 Å². The maximum atomic E-state index is 12.3. The highest BCUT2D eigenvalue weighted by Gasteiger charge is 2.29. The van der Waals surface area contributed by atoms with Crippen molar-refractivity contribution in [2.75, 3.05) is 20.8 Å². The summed E-state index contributed by atoms with van der Waals surface area (Å²) >= 11 is 0. The van der Waals surface area contributed by atoms with Crippen molar-refractivity contribution in [1.29, 1.82) is 0 Å². The van der Waals surface area contributed by atoms with Crippen LogP contribution in [0.4, 0.5) is 13.2 Å². The molecule has 0 saturated carbocycles. The van der Waals surface area contributed by atoms with E-state index in [0.717, 1.165) is 22.4 Å². The molecule has 0 aliphatic carbocycles. The molecule has 26 heavy (non-hydrogen) atoms. The summed E-state index contributed by atoms with van der Waals surface area (Å²) in [6.45, 7) is 1.79. The molecule has 0 radical (unpaired) electrons. The second-order valence-electron chi connectivity index (χ2n) is 5.80. The minimum atomic E-state index is -4.39. The quantitative estimate of drug-likeness (QED) is 0.755. The first-order valence-corrected chi connectivity index (χ1v) is 8.03. The van der Waals surface area contributed by atoms with E-state index in [2.05, 4.69) is 5.32 Å². The SMILES string of the molecule is COc1cc(CNCc2ccc(OCC(F)(F)F)c(OC)c2)ccc1C. The van der Waals surface area contributed by atoms with E-state index in [1.165, 1.54) is 13.2 Å². The monoisotopic (exact) mass is 369 g/mol. The summed E-state index contributed by atoms with van der Waals surface area (Å²) in [6, 6.07) is 10.8. The molecule has 2 rings (SSSR count). The largest absolute Gasteiger partial charge is 0.496 e. The minimum Gasteiger partial charge on any atom is -0.496 e. The van der Waals surface area contributed by atoms with Gasteiger partial charge in [0.05, 0.1) is 14.2 Å². The minimum absolute atomic E-state index is 0.0665. The van der Waals surface area contributed by atoms with Crippen molar-refractivity contribution in [2.45, 2.75) is 26.2 Å². The number of methoxy groups -OCH3 is 2. The Bertz CT molecular complexity index is 732. The van der Waals surface area contributed by atoms with Gasteiger partial charge in [0.2, 0.25) is 0 Å². The summed E-state index contributed by atoms with van der Waals surface area (Å²) < 4.78 is 52.0. The number of rotatable bonds is 8. The number of benzene rings is 2. The fourth-order valence-corrected chi connectivity index (χ4v) is 2.43. The average Bonchev–Trinajstić information content (AvgIpc) is 2.61. The number of ether oxygens (including phenoxy) is 3. The number of hydrogen-bond acceptors (Lipinski definition) is 4. The molecule has 0 heterocycles. The number of hydrogen-bond donors (Lipinski definition) is 1. The lowest BCUT2D eigenvalue weighted by molar-refractivity contribution is -0.153. The lowest BCUT2D eigenvalue weighted by atomic mass is 10.1. The van der Waals surface area contributed by atoms with Crippen molar-refractivity contribution in [3.63, 3.8) is 0 Å². The molecule has 0 fully saturated rings. The van der Waals surface area contributed by atoms with Crippen LogP contribution in [0.15, 0.2) is 36.4 Å². The molecule has 0 atom stereocenters. The third-order valence-electron chi connectivity index (χ3n) is 3.75. The molecule has 142 valence electrons. The molecule has 2 aromatic carbocycles. The van der Waals surface area contributed by atoms with E-state index >= 15 is 0 Å². The van der Waals surface area contributed by atoms with Gasteiger partial charge in [-0.3, -0.25) is 0 Å². The zero-order chi connectivity index (χ0) is 19.2. The number of aryl methyl sites for hydroxylation is 1. The second kappa shape index (κ2) is 8.80. The molecule has 0 saturated heterocycles. The molecule has 0 spiro atoms. The van der Waals surface area contributed by atoms with Gasteiger partial charge in [-0.05, 0) is 41.8 Å². The second-order valence-corrected chi connectivity index (χ2v) is 5.80. The Morgan fingerprint density at radius 1 is 0.846 bits per heavy atom. The van der Waals surface area contributed by atoms with Crippen LogP contribution in [0, 0.1) is 6.92 Å². The fraction of sp³-hybridized carbons (Fsp3) is 0.368. The van der Waals surface area contributed by atoms with Gasteiger partial charge in [0.1, 0.15) is 5.75 Å². The summed E-state index contributed by atoms with van der Waals surface area (Å²) in [5, 5.41) is 3.28. The van der Waals surface area contributed by atoms with Crippen LogP contribution in [-0.4, -0.2) is 27.0 Å². The van der Waals surface area contributed by atoms with E-state index in [1.54, 1.807) is 19.2 Å². The Balaban J connectivity index is 1.95. The van der Waals surface area contributed by atoms with E-state index in [4.69, 9.17) is 14.2 Å². The molecule has 0 bridgehead atoms. The smallest absolute Gasteiger partial charge is 0.422 e. The Labute approximate surface area is 150 Å². The van der Waals surface area contributed by atoms with Gasteiger partial charge in [-0.2, -0.15) is 13.2 Å². The van der Waals surface area contributed by atoms with Gasteiger partial charge in [0, 0.05) is 13.1 Å². The lowest BCUT2D eigenvalue weighted by Gasteiger charge is -2.14. The normalized spacial score (nSPS) is 11.3. The van der Waals surface area contributed by atoms with Crippen LogP contribution >= 0.6 is 0 Å². The van der Waals surface area contributed by atoms with Crippen molar-refractivity contribution >= 4 is 0 Å². The van der Waals surface area contributed by atoms with E-state index in [9.17, 15) is 13.2 Å². The maximum absolute atomic E-state index is 12.3. The zero-order valence-corrected chi connectivity index (χ0v) is 14.9. The van der Waals surface area contributed by atoms with E-state index < -0.39 is 12.8 Å². The standard InChI is InChI=1S/C19H22F3NO3/c1-13-4-5-14(8-17(13)24-2)10-23-11-15-6-7-16(18(9-15)25-3)26-12-19(20,21)22/h4-9,23H,10-12H2,1-3H3. The highest BCUT2D eigenvalue weighted by atomic mass is 19.4. The summed E-state index contributed by atoms with van der Waals surface area (Å²) in [5.74, 6) is 1.17. The first-order valence-electron chi connectivity index (χ1n) is 8.03. The van der Waals surface area contributed by atoms with Crippen molar-refractivity contribution in [2.24, 2.45) is 0 Å². The highest BCUT2D eigenvalue weighted by Crippen LogP contribution is 2.29. The number of alkyl halides is 3. The van der Waals surface area contributed by atoms with Crippen LogP contribution in [0.1, 0.15) is 16.7 Å². The Morgan fingerprint density at radius 2 is 1.42 bits per heavy atom. The van der Waals surface area contributed by atoms with Crippen LogP contribution in [0.25, 0.3) is 0 Å². The average molecular weight is 369 g/mol. The van der Waals surface area contributed by atoms with Crippen LogP contribution in [0.2, 0.25) is 0 Å². The van der Waals surface area contributed by atoms with Gasteiger partial charge in [-0.1, -0.05) is 18.2 Å². The molecular formula is C19H22F3NO3. The zero-order valence-electron chi connectivity index (χ0n) is 14.9. The van der Waals surface area contributed by atoms with Gasteiger partial charge in [-0.15, -0.1) is 0 Å². The van der Waals surface area contributed by atoms with Gasteiger partial charge in [0.15, 0.2) is 18.1 Å². The Morgan fingerprint density at radius 3 is 2.00 bits per heavy atom. The highest BCUT2D eigenvalue weighted by molar-refractivity contribution is 5.43. The lowest BCUT2D eigenvalue weighted by Crippen LogP contribution is -2.19. The molecule has 1 N–H and O–H groups in total. The van der Waals surface area contributed by atoms with Gasteiger partial charge in [-0.25, -0.2) is 0 Å². The third-order valence-corrected chi connectivity index (χ3v) is 3.75. The molecule has 0 aliphatic rings.